The number of hydrogen-bond donors (Lipinski definition) is 2. The van der Waals surface area contributed by atoms with Crippen molar-refractivity contribution < 1.29 is 9.50 Å². The van der Waals surface area contributed by atoms with Gasteiger partial charge in [-0.05, 0) is 49.9 Å². The second kappa shape index (κ2) is 5.15. The molecule has 0 bridgehead atoms. The Morgan fingerprint density at radius 3 is 2.71 bits per heavy atom. The average Bonchev–Trinajstić information content (AvgIpc) is 2.33. The molecule has 1 fully saturated rings. The monoisotopic (exact) mass is 237 g/mol. The summed E-state index contributed by atoms with van der Waals surface area (Å²) in [5.74, 6) is -0.273. The highest BCUT2D eigenvalue weighted by atomic mass is 19.1. The van der Waals surface area contributed by atoms with Gasteiger partial charge in [-0.25, -0.2) is 4.39 Å². The Kier molecular flexibility index (Phi) is 3.79. The van der Waals surface area contributed by atoms with E-state index in [2.05, 4.69) is 12.2 Å². The Bertz CT molecular complexity index is 372. The highest BCUT2D eigenvalue weighted by molar-refractivity contribution is 5.24. The molecule has 17 heavy (non-hydrogen) atoms. The van der Waals surface area contributed by atoms with Crippen molar-refractivity contribution in [2.24, 2.45) is 0 Å². The van der Waals surface area contributed by atoms with Crippen LogP contribution in [0.25, 0.3) is 0 Å². The van der Waals surface area contributed by atoms with Crippen LogP contribution in [0.15, 0.2) is 24.3 Å². The summed E-state index contributed by atoms with van der Waals surface area (Å²) >= 11 is 0. The molecule has 1 aromatic carbocycles. The van der Waals surface area contributed by atoms with Gasteiger partial charge in [-0.3, -0.25) is 0 Å². The topological polar surface area (TPSA) is 32.3 Å². The molecule has 0 amide bonds. The maximum Gasteiger partial charge on any atom is 0.123 e. The minimum absolute atomic E-state index is 0.273. The normalized spacial score (nSPS) is 29.2. The molecule has 94 valence electrons. The van der Waals surface area contributed by atoms with Crippen molar-refractivity contribution in [1.29, 1.82) is 0 Å². The maximum atomic E-state index is 13.2. The first kappa shape index (κ1) is 12.5. The highest BCUT2D eigenvalue weighted by Crippen LogP contribution is 2.37. The molecular weight excluding hydrogens is 217 g/mol. The number of nitrogens with one attached hydrogen (secondary N) is 1. The van der Waals surface area contributed by atoms with E-state index in [1.54, 1.807) is 6.07 Å². The maximum absolute atomic E-state index is 13.2. The van der Waals surface area contributed by atoms with Gasteiger partial charge in [0.25, 0.3) is 0 Å². The van der Waals surface area contributed by atoms with Crippen molar-refractivity contribution in [1.82, 2.24) is 5.32 Å². The van der Waals surface area contributed by atoms with Crippen molar-refractivity contribution in [2.75, 3.05) is 6.54 Å². The summed E-state index contributed by atoms with van der Waals surface area (Å²) in [6.45, 7) is 3.05. The fourth-order valence-electron chi connectivity index (χ4n) is 2.65. The molecule has 0 unspecified atom stereocenters. The number of rotatable bonds is 3. The lowest BCUT2D eigenvalue weighted by Crippen LogP contribution is -2.39. The standard InChI is InChI=1S/C14H20FNO/c1-2-16-13-6-8-14(17,9-7-13)11-4-3-5-12(15)10-11/h3-5,10,13,16-17H,2,6-9H2,1H3. The third kappa shape index (κ3) is 2.85. The molecule has 2 rings (SSSR count). The van der Waals surface area contributed by atoms with Gasteiger partial charge in [-0.15, -0.1) is 0 Å². The lowest BCUT2D eigenvalue weighted by molar-refractivity contribution is -0.00839. The van der Waals surface area contributed by atoms with E-state index < -0.39 is 5.60 Å². The minimum atomic E-state index is -0.839. The van der Waals surface area contributed by atoms with E-state index in [0.717, 1.165) is 19.4 Å². The summed E-state index contributed by atoms with van der Waals surface area (Å²) in [6, 6.07) is 6.84. The molecule has 1 aliphatic carbocycles. The van der Waals surface area contributed by atoms with Crippen LogP contribution in [0.5, 0.6) is 0 Å². The van der Waals surface area contributed by atoms with Crippen LogP contribution in [-0.4, -0.2) is 17.7 Å². The lowest BCUT2D eigenvalue weighted by Gasteiger charge is -2.36. The Hall–Kier alpha value is -0.930. The molecule has 0 heterocycles. The summed E-state index contributed by atoms with van der Waals surface area (Å²) in [7, 11) is 0. The van der Waals surface area contributed by atoms with Crippen LogP contribution >= 0.6 is 0 Å². The molecule has 1 aromatic rings. The van der Waals surface area contributed by atoms with E-state index in [0.29, 0.717) is 24.4 Å². The predicted molar refractivity (Wildman–Crippen MR) is 66.2 cm³/mol. The van der Waals surface area contributed by atoms with Crippen molar-refractivity contribution in [3.63, 3.8) is 0 Å². The van der Waals surface area contributed by atoms with Gasteiger partial charge >= 0.3 is 0 Å². The van der Waals surface area contributed by atoms with E-state index in [9.17, 15) is 9.50 Å². The quantitative estimate of drug-likeness (QED) is 0.847. The third-order valence-corrected chi connectivity index (χ3v) is 3.67. The number of hydrogen-bond acceptors (Lipinski definition) is 2. The van der Waals surface area contributed by atoms with E-state index in [1.807, 2.05) is 6.07 Å². The second-order valence-electron chi connectivity index (χ2n) is 4.87. The summed E-state index contributed by atoms with van der Waals surface area (Å²) in [5.41, 5.74) is -0.124. The number of aliphatic hydroxyl groups is 1. The molecule has 0 aromatic heterocycles. The Morgan fingerprint density at radius 2 is 2.12 bits per heavy atom. The fraction of sp³-hybridized carbons (Fsp3) is 0.571. The van der Waals surface area contributed by atoms with E-state index >= 15 is 0 Å². The summed E-state index contributed by atoms with van der Waals surface area (Å²) in [6.07, 6.45) is 3.30. The molecule has 2 N–H and O–H groups in total. The molecule has 1 saturated carbocycles. The molecular formula is C14H20FNO. The average molecular weight is 237 g/mol. The molecule has 1 aliphatic rings. The van der Waals surface area contributed by atoms with Gasteiger partial charge in [-0.1, -0.05) is 19.1 Å². The first-order chi connectivity index (χ1) is 8.14. The predicted octanol–water partition coefficient (Wildman–Crippen LogP) is 2.57. The molecule has 0 saturated heterocycles. The van der Waals surface area contributed by atoms with Gasteiger partial charge in [0.1, 0.15) is 5.82 Å². The van der Waals surface area contributed by atoms with Crippen LogP contribution in [-0.2, 0) is 5.60 Å². The smallest absolute Gasteiger partial charge is 0.123 e. The molecule has 2 nitrogen and oxygen atoms in total. The zero-order valence-electron chi connectivity index (χ0n) is 10.2. The van der Waals surface area contributed by atoms with Gasteiger partial charge < -0.3 is 10.4 Å². The molecule has 0 spiro atoms. The van der Waals surface area contributed by atoms with Crippen molar-refractivity contribution >= 4 is 0 Å². The van der Waals surface area contributed by atoms with Crippen molar-refractivity contribution in [3.8, 4) is 0 Å². The minimum Gasteiger partial charge on any atom is -0.385 e. The molecule has 0 radical (unpaired) electrons. The third-order valence-electron chi connectivity index (χ3n) is 3.67. The SMILES string of the molecule is CCNC1CCC(O)(c2cccc(F)c2)CC1. The van der Waals surface area contributed by atoms with Crippen molar-refractivity contribution in [3.05, 3.63) is 35.6 Å². The molecule has 0 atom stereocenters. The summed E-state index contributed by atoms with van der Waals surface area (Å²) < 4.78 is 13.2. The van der Waals surface area contributed by atoms with Crippen LogP contribution in [0.4, 0.5) is 4.39 Å². The second-order valence-corrected chi connectivity index (χ2v) is 4.87. The summed E-state index contributed by atoms with van der Waals surface area (Å²) in [5, 5.41) is 14.0. The van der Waals surface area contributed by atoms with Gasteiger partial charge in [0.15, 0.2) is 0 Å². The first-order valence-electron chi connectivity index (χ1n) is 6.36. The molecule has 3 heteroatoms. The fourth-order valence-corrected chi connectivity index (χ4v) is 2.65. The Balaban J connectivity index is 2.06. The van der Waals surface area contributed by atoms with E-state index in [1.165, 1.54) is 12.1 Å². The Labute approximate surface area is 102 Å². The van der Waals surface area contributed by atoms with Crippen LogP contribution < -0.4 is 5.32 Å². The first-order valence-corrected chi connectivity index (χ1v) is 6.36. The summed E-state index contributed by atoms with van der Waals surface area (Å²) in [4.78, 5) is 0. The molecule has 0 aliphatic heterocycles. The zero-order valence-corrected chi connectivity index (χ0v) is 10.2. The van der Waals surface area contributed by atoms with Gasteiger partial charge in [0.05, 0.1) is 5.60 Å². The largest absolute Gasteiger partial charge is 0.385 e. The van der Waals surface area contributed by atoms with Gasteiger partial charge in [-0.2, -0.15) is 0 Å². The zero-order chi connectivity index (χ0) is 12.3. The van der Waals surface area contributed by atoms with Gasteiger partial charge in [0, 0.05) is 6.04 Å². The number of benzene rings is 1. The van der Waals surface area contributed by atoms with Crippen LogP contribution in [0, 0.1) is 5.82 Å². The van der Waals surface area contributed by atoms with Gasteiger partial charge in [0.2, 0.25) is 0 Å². The number of halogens is 1. The van der Waals surface area contributed by atoms with Crippen LogP contribution in [0.3, 0.4) is 0 Å². The van der Waals surface area contributed by atoms with Crippen molar-refractivity contribution in [2.45, 2.75) is 44.2 Å². The van der Waals surface area contributed by atoms with Crippen LogP contribution in [0.2, 0.25) is 0 Å². The van der Waals surface area contributed by atoms with E-state index in [-0.39, 0.29) is 5.82 Å². The van der Waals surface area contributed by atoms with E-state index in [4.69, 9.17) is 0 Å². The highest BCUT2D eigenvalue weighted by Gasteiger charge is 2.34. The van der Waals surface area contributed by atoms with Crippen LogP contribution in [0.1, 0.15) is 38.2 Å². The Morgan fingerprint density at radius 1 is 1.41 bits per heavy atom. The lowest BCUT2D eigenvalue weighted by atomic mass is 9.78.